The van der Waals surface area contributed by atoms with E-state index in [0.717, 1.165) is 36.7 Å². The molecular formula is C19H13Cl2F2N2NaO4S2. The van der Waals surface area contributed by atoms with Crippen LogP contribution in [0.15, 0.2) is 59.6 Å². The molecule has 3 aromatic rings. The summed E-state index contributed by atoms with van der Waals surface area (Å²) < 4.78 is 82.0. The molecule has 0 spiro atoms. The first-order valence-electron chi connectivity index (χ1n) is 8.41. The van der Waals surface area contributed by atoms with Gasteiger partial charge in [0, 0.05) is 21.9 Å². The van der Waals surface area contributed by atoms with Crippen molar-refractivity contribution >= 4 is 48.9 Å². The van der Waals surface area contributed by atoms with E-state index in [4.69, 9.17) is 23.2 Å². The first-order valence-corrected chi connectivity index (χ1v) is 12.6. The van der Waals surface area contributed by atoms with Crippen LogP contribution in [0, 0.1) is 11.6 Å². The average molecular weight is 529 g/mol. The van der Waals surface area contributed by atoms with Crippen LogP contribution in [0.2, 0.25) is 10.0 Å². The van der Waals surface area contributed by atoms with Crippen molar-refractivity contribution in [3.63, 3.8) is 0 Å². The molecule has 1 unspecified atom stereocenters. The standard InChI is InChI=1S/C19H13Cl2F2N2O4S2.Na/c1-30(26,27)25-18-9-14(16(21)10-24-18)19(15-8-12(22)4-7-17(15)23)31(28,29)13-5-2-11(20)3-6-13;/h2-10,19H,1H3;/q-1;+1. The number of rotatable bonds is 6. The summed E-state index contributed by atoms with van der Waals surface area (Å²) in [5.41, 5.74) is -0.744. The third kappa shape index (κ3) is 6.19. The normalized spacial score (nSPS) is 12.7. The minimum atomic E-state index is -4.41. The summed E-state index contributed by atoms with van der Waals surface area (Å²) in [4.78, 5) is 3.51. The fraction of sp³-hybridized carbons (Fsp3) is 0.105. The van der Waals surface area contributed by atoms with Gasteiger partial charge in [-0.05, 0) is 53.8 Å². The van der Waals surface area contributed by atoms with Gasteiger partial charge < -0.3 is 9.71 Å². The summed E-state index contributed by atoms with van der Waals surface area (Å²) in [6, 6.07) is 8.42. The summed E-state index contributed by atoms with van der Waals surface area (Å²) in [6.07, 6.45) is 1.81. The van der Waals surface area contributed by atoms with Crippen molar-refractivity contribution < 1.29 is 55.2 Å². The molecule has 3 rings (SSSR count). The number of hydrogen-bond acceptors (Lipinski definition) is 5. The van der Waals surface area contributed by atoms with E-state index in [1.165, 1.54) is 24.3 Å². The molecule has 0 amide bonds. The topological polar surface area (TPSA) is 95.3 Å². The van der Waals surface area contributed by atoms with E-state index in [1.54, 1.807) is 0 Å². The van der Waals surface area contributed by atoms with Gasteiger partial charge in [0.05, 0.1) is 4.90 Å². The summed E-state index contributed by atoms with van der Waals surface area (Å²) in [6.45, 7) is 0. The van der Waals surface area contributed by atoms with Gasteiger partial charge in [0.2, 0.25) is 0 Å². The number of hydrogen-bond donors (Lipinski definition) is 0. The Labute approximate surface area is 216 Å². The molecule has 0 saturated heterocycles. The Bertz CT molecular complexity index is 1360. The molecule has 0 aliphatic carbocycles. The fourth-order valence-electron chi connectivity index (χ4n) is 2.84. The number of benzene rings is 2. The molecule has 2 aromatic carbocycles. The van der Waals surface area contributed by atoms with Gasteiger partial charge in [-0.3, -0.25) is 0 Å². The first-order chi connectivity index (χ1) is 14.4. The van der Waals surface area contributed by atoms with Crippen LogP contribution in [0.1, 0.15) is 16.4 Å². The Kier molecular flexibility index (Phi) is 8.71. The van der Waals surface area contributed by atoms with Gasteiger partial charge in [0.1, 0.15) is 16.9 Å². The van der Waals surface area contributed by atoms with Gasteiger partial charge >= 0.3 is 29.6 Å². The van der Waals surface area contributed by atoms with Crippen LogP contribution in [-0.2, 0) is 19.9 Å². The Morgan fingerprint density at radius 1 is 0.938 bits per heavy atom. The van der Waals surface area contributed by atoms with Crippen molar-refractivity contribution in [2.24, 2.45) is 0 Å². The van der Waals surface area contributed by atoms with Crippen LogP contribution in [0.25, 0.3) is 4.72 Å². The number of nitrogens with zero attached hydrogens (tertiary/aromatic N) is 2. The minimum Gasteiger partial charge on any atom is -0.441 e. The van der Waals surface area contributed by atoms with Crippen molar-refractivity contribution in [2.45, 2.75) is 10.1 Å². The number of pyridine rings is 1. The summed E-state index contributed by atoms with van der Waals surface area (Å²) in [7, 11) is -8.30. The van der Waals surface area contributed by atoms with Crippen LogP contribution in [0.5, 0.6) is 0 Å². The molecule has 1 heterocycles. The molecule has 0 aliphatic heterocycles. The summed E-state index contributed by atoms with van der Waals surface area (Å²) >= 11 is 12.0. The second-order valence-electron chi connectivity index (χ2n) is 6.43. The molecule has 1 aromatic heterocycles. The molecule has 0 radical (unpaired) electrons. The van der Waals surface area contributed by atoms with Crippen LogP contribution in [0.4, 0.5) is 14.6 Å². The number of halogens is 4. The number of sulfonamides is 1. The molecule has 32 heavy (non-hydrogen) atoms. The van der Waals surface area contributed by atoms with Gasteiger partial charge in [0.25, 0.3) is 0 Å². The summed E-state index contributed by atoms with van der Waals surface area (Å²) in [5.74, 6) is -2.24. The third-order valence-corrected chi connectivity index (χ3v) is 7.25. The van der Waals surface area contributed by atoms with Crippen LogP contribution in [-0.4, -0.2) is 28.1 Å². The maximum absolute atomic E-state index is 14.7. The smallest absolute Gasteiger partial charge is 0.441 e. The first kappa shape index (κ1) is 27.0. The van der Waals surface area contributed by atoms with Gasteiger partial charge in [0.15, 0.2) is 19.9 Å². The minimum absolute atomic E-state index is 0. The quantitative estimate of drug-likeness (QED) is 0.457. The van der Waals surface area contributed by atoms with Gasteiger partial charge in [-0.25, -0.2) is 25.6 Å². The van der Waals surface area contributed by atoms with Crippen molar-refractivity contribution in [3.05, 3.63) is 92.3 Å². The van der Waals surface area contributed by atoms with E-state index >= 15 is 0 Å². The van der Waals surface area contributed by atoms with Crippen LogP contribution in [0.3, 0.4) is 0 Å². The molecule has 0 N–H and O–H groups in total. The molecule has 0 fully saturated rings. The Balaban J connectivity index is 0.00000363. The van der Waals surface area contributed by atoms with E-state index in [-0.39, 0.29) is 55.9 Å². The number of aromatic nitrogens is 1. The van der Waals surface area contributed by atoms with Gasteiger partial charge in [-0.15, -0.1) is 0 Å². The number of sulfone groups is 1. The van der Waals surface area contributed by atoms with Gasteiger partial charge in [-0.1, -0.05) is 35.5 Å². The molecule has 0 aliphatic rings. The van der Waals surface area contributed by atoms with Crippen molar-refractivity contribution in [1.29, 1.82) is 0 Å². The molecule has 0 saturated carbocycles. The second kappa shape index (κ2) is 10.3. The second-order valence-corrected chi connectivity index (χ2v) is 11.0. The predicted molar refractivity (Wildman–Crippen MR) is 114 cm³/mol. The van der Waals surface area contributed by atoms with Crippen molar-refractivity contribution in [1.82, 2.24) is 4.98 Å². The molecule has 164 valence electrons. The largest absolute Gasteiger partial charge is 1.00 e. The molecule has 0 bridgehead atoms. The monoisotopic (exact) mass is 528 g/mol. The Hall–Kier alpha value is -1.27. The molecular weight excluding hydrogens is 516 g/mol. The van der Waals surface area contributed by atoms with E-state index in [0.29, 0.717) is 0 Å². The van der Waals surface area contributed by atoms with E-state index in [2.05, 4.69) is 9.71 Å². The maximum atomic E-state index is 14.7. The zero-order valence-corrected chi connectivity index (χ0v) is 21.8. The van der Waals surface area contributed by atoms with Crippen LogP contribution < -0.4 is 29.6 Å². The predicted octanol–water partition coefficient (Wildman–Crippen LogP) is 2.20. The molecule has 13 heteroatoms. The Morgan fingerprint density at radius 2 is 1.56 bits per heavy atom. The zero-order chi connectivity index (χ0) is 23.0. The van der Waals surface area contributed by atoms with E-state index in [1.807, 2.05) is 0 Å². The van der Waals surface area contributed by atoms with E-state index < -0.39 is 42.3 Å². The third-order valence-electron chi connectivity index (χ3n) is 4.11. The Morgan fingerprint density at radius 3 is 2.16 bits per heavy atom. The fourth-order valence-corrected chi connectivity index (χ4v) is 5.52. The molecule has 6 nitrogen and oxygen atoms in total. The van der Waals surface area contributed by atoms with E-state index in [9.17, 15) is 25.6 Å². The SMILES string of the molecule is CS(=O)(=O)[N-]c1cc(C(c2cc(F)ccc2F)S(=O)(=O)c2ccc(Cl)cc2)c(Cl)cn1.[Na+]. The van der Waals surface area contributed by atoms with Crippen LogP contribution >= 0.6 is 23.2 Å². The maximum Gasteiger partial charge on any atom is 1.00 e. The average Bonchev–Trinajstić information content (AvgIpc) is 2.66. The summed E-state index contributed by atoms with van der Waals surface area (Å²) in [5, 5.41) is -1.77. The van der Waals surface area contributed by atoms with Crippen molar-refractivity contribution in [3.8, 4) is 0 Å². The van der Waals surface area contributed by atoms with Crippen molar-refractivity contribution in [2.75, 3.05) is 6.26 Å². The zero-order valence-electron chi connectivity index (χ0n) is 16.6. The van der Waals surface area contributed by atoms with Gasteiger partial charge in [-0.2, -0.15) is 0 Å². The molecule has 1 atom stereocenters.